The predicted octanol–water partition coefficient (Wildman–Crippen LogP) is 0.238. The Bertz CT molecular complexity index is 856. The van der Waals surface area contributed by atoms with E-state index in [2.05, 4.69) is 22.6 Å². The summed E-state index contributed by atoms with van der Waals surface area (Å²) in [7, 11) is 2.09. The molecule has 1 unspecified atom stereocenters. The maximum absolute atomic E-state index is 13.0. The van der Waals surface area contributed by atoms with Crippen molar-refractivity contribution in [1.82, 2.24) is 20.4 Å². The second kappa shape index (κ2) is 10.6. The molecule has 9 nitrogen and oxygen atoms in total. The lowest BCUT2D eigenvalue weighted by Gasteiger charge is -2.27. The molecule has 1 aromatic carbocycles. The smallest absolute Gasteiger partial charge is 0.262 e. The Balaban J connectivity index is 1.56. The van der Waals surface area contributed by atoms with E-state index < -0.39 is 23.8 Å². The third kappa shape index (κ3) is 5.36. The van der Waals surface area contributed by atoms with Crippen LogP contribution in [0.2, 0.25) is 0 Å². The molecule has 4 amide bonds. The Hall–Kier alpha value is -2.62. The van der Waals surface area contributed by atoms with Crippen molar-refractivity contribution in [1.29, 1.82) is 0 Å². The molecule has 2 aliphatic rings. The van der Waals surface area contributed by atoms with Crippen LogP contribution in [0.1, 0.15) is 58.4 Å². The average molecular weight is 430 g/mol. The van der Waals surface area contributed by atoms with Crippen molar-refractivity contribution in [3.05, 3.63) is 34.9 Å². The number of rotatable bonds is 11. The number of nitrogens with one attached hydrogen (secondary N) is 2. The van der Waals surface area contributed by atoms with Gasteiger partial charge in [0.25, 0.3) is 11.8 Å². The van der Waals surface area contributed by atoms with Crippen molar-refractivity contribution in [2.75, 3.05) is 33.2 Å². The summed E-state index contributed by atoms with van der Waals surface area (Å²) in [4.78, 5) is 52.8. The molecule has 0 radical (unpaired) electrons. The van der Waals surface area contributed by atoms with Gasteiger partial charge >= 0.3 is 0 Å². The number of fused-ring (bicyclic) bond motifs is 1. The maximum atomic E-state index is 13.0. The van der Waals surface area contributed by atoms with E-state index in [9.17, 15) is 19.2 Å². The summed E-state index contributed by atoms with van der Waals surface area (Å²) in [6.07, 6.45) is 3.32. The van der Waals surface area contributed by atoms with Gasteiger partial charge in [0.1, 0.15) is 6.04 Å². The van der Waals surface area contributed by atoms with Crippen molar-refractivity contribution in [3.8, 4) is 0 Å². The zero-order chi connectivity index (χ0) is 22.4. The van der Waals surface area contributed by atoms with E-state index in [1.807, 2.05) is 6.07 Å². The van der Waals surface area contributed by atoms with Crippen molar-refractivity contribution in [3.63, 3.8) is 0 Å². The molecular weight excluding hydrogens is 398 g/mol. The molecule has 31 heavy (non-hydrogen) atoms. The summed E-state index contributed by atoms with van der Waals surface area (Å²) in [5.41, 5.74) is 6.94. The molecule has 9 heteroatoms. The number of unbranched alkanes of at least 4 members (excludes halogenated alkanes) is 1. The van der Waals surface area contributed by atoms with Crippen molar-refractivity contribution in [2.45, 2.75) is 44.7 Å². The van der Waals surface area contributed by atoms with Crippen molar-refractivity contribution < 1.29 is 19.2 Å². The van der Waals surface area contributed by atoms with Crippen LogP contribution in [0.4, 0.5) is 0 Å². The van der Waals surface area contributed by atoms with Gasteiger partial charge in [-0.2, -0.15) is 0 Å². The number of benzene rings is 1. The van der Waals surface area contributed by atoms with E-state index in [1.165, 1.54) is 0 Å². The van der Waals surface area contributed by atoms with Crippen LogP contribution in [0.3, 0.4) is 0 Å². The Morgan fingerprint density at radius 1 is 1.13 bits per heavy atom. The van der Waals surface area contributed by atoms with Gasteiger partial charge < -0.3 is 16.0 Å². The monoisotopic (exact) mass is 429 g/mol. The molecule has 0 bridgehead atoms. The molecule has 3 rings (SSSR count). The quantitative estimate of drug-likeness (QED) is 0.340. The van der Waals surface area contributed by atoms with Gasteiger partial charge in [0.2, 0.25) is 11.8 Å². The maximum Gasteiger partial charge on any atom is 0.262 e. The fourth-order valence-corrected chi connectivity index (χ4v) is 4.06. The van der Waals surface area contributed by atoms with Crippen LogP contribution in [-0.2, 0) is 16.1 Å². The number of nitrogens with zero attached hydrogens (tertiary/aromatic N) is 2. The van der Waals surface area contributed by atoms with Gasteiger partial charge in [-0.25, -0.2) is 0 Å². The average Bonchev–Trinajstić information content (AvgIpc) is 3.00. The highest BCUT2D eigenvalue weighted by Gasteiger charge is 2.45. The van der Waals surface area contributed by atoms with E-state index in [0.717, 1.165) is 49.4 Å². The van der Waals surface area contributed by atoms with E-state index >= 15 is 0 Å². The summed E-state index contributed by atoms with van der Waals surface area (Å²) in [6.45, 7) is 3.98. The largest absolute Gasteiger partial charge is 0.330 e. The zero-order valence-electron chi connectivity index (χ0n) is 18.0. The Morgan fingerprint density at radius 2 is 1.90 bits per heavy atom. The molecule has 2 aliphatic heterocycles. The highest BCUT2D eigenvalue weighted by molar-refractivity contribution is 6.24. The molecule has 168 valence electrons. The van der Waals surface area contributed by atoms with Gasteiger partial charge in [-0.1, -0.05) is 12.1 Å². The fraction of sp³-hybridized carbons (Fsp3) is 0.545. The Labute approximate surface area is 182 Å². The third-order valence-corrected chi connectivity index (χ3v) is 5.76. The van der Waals surface area contributed by atoms with E-state index in [1.54, 1.807) is 12.1 Å². The van der Waals surface area contributed by atoms with Crippen LogP contribution in [-0.4, -0.2) is 72.7 Å². The second-order valence-electron chi connectivity index (χ2n) is 8.12. The first-order valence-corrected chi connectivity index (χ1v) is 10.9. The molecule has 0 saturated carbocycles. The number of hydrogen-bond donors (Lipinski definition) is 3. The van der Waals surface area contributed by atoms with Crippen LogP contribution < -0.4 is 16.4 Å². The minimum absolute atomic E-state index is 0.111. The van der Waals surface area contributed by atoms with Gasteiger partial charge in [-0.3, -0.25) is 29.4 Å². The molecule has 4 N–H and O–H groups in total. The Kier molecular flexibility index (Phi) is 7.89. The summed E-state index contributed by atoms with van der Waals surface area (Å²) in [5.74, 6) is -1.92. The summed E-state index contributed by atoms with van der Waals surface area (Å²) >= 11 is 0. The molecule has 1 fully saturated rings. The van der Waals surface area contributed by atoms with E-state index in [0.29, 0.717) is 24.2 Å². The summed E-state index contributed by atoms with van der Waals surface area (Å²) in [5, 5.41) is 5.56. The standard InChI is InChI=1S/C22H31N5O4/c1-26(13-5-10-23)12-3-2-11-24-14-15-6-4-7-16-19(15)22(31)27(21(16)30)17-8-9-18(28)25-20(17)29/h4,6-7,17,24H,2-3,5,8-14,23H2,1H3,(H,25,28,29). The molecule has 1 aromatic rings. The minimum Gasteiger partial charge on any atom is -0.330 e. The van der Waals surface area contributed by atoms with Gasteiger partial charge in [0.05, 0.1) is 11.1 Å². The number of nitrogens with two attached hydrogens (primary N) is 1. The molecular formula is C22H31N5O4. The third-order valence-electron chi connectivity index (χ3n) is 5.76. The van der Waals surface area contributed by atoms with Gasteiger partial charge in [-0.15, -0.1) is 0 Å². The van der Waals surface area contributed by atoms with Crippen LogP contribution in [0.15, 0.2) is 18.2 Å². The first-order valence-electron chi connectivity index (χ1n) is 10.9. The topological polar surface area (TPSA) is 125 Å². The SMILES string of the molecule is CN(CCCN)CCCCNCc1cccc2c1C(=O)N(C1CCC(=O)NC1=O)C2=O. The number of hydrogen-bond acceptors (Lipinski definition) is 7. The molecule has 0 aromatic heterocycles. The number of imide groups is 2. The first-order chi connectivity index (χ1) is 14.9. The molecule has 0 aliphatic carbocycles. The highest BCUT2D eigenvalue weighted by atomic mass is 16.2. The minimum atomic E-state index is -0.942. The number of piperidine rings is 1. The normalized spacial score (nSPS) is 18.7. The number of amides is 4. The van der Waals surface area contributed by atoms with Crippen LogP contribution in [0, 0.1) is 0 Å². The predicted molar refractivity (Wildman–Crippen MR) is 115 cm³/mol. The van der Waals surface area contributed by atoms with Crippen molar-refractivity contribution >= 4 is 23.6 Å². The summed E-state index contributed by atoms with van der Waals surface area (Å²) in [6, 6.07) is 4.25. The number of carbonyl (C=O) groups is 4. The lowest BCUT2D eigenvalue weighted by atomic mass is 10.0. The van der Waals surface area contributed by atoms with E-state index in [4.69, 9.17) is 5.73 Å². The molecule has 1 saturated heterocycles. The fourth-order valence-electron chi connectivity index (χ4n) is 4.06. The Morgan fingerprint density at radius 3 is 2.65 bits per heavy atom. The van der Waals surface area contributed by atoms with Gasteiger partial charge in [0.15, 0.2) is 0 Å². The van der Waals surface area contributed by atoms with Crippen LogP contribution in [0.25, 0.3) is 0 Å². The lowest BCUT2D eigenvalue weighted by molar-refractivity contribution is -0.136. The lowest BCUT2D eigenvalue weighted by Crippen LogP contribution is -2.54. The summed E-state index contributed by atoms with van der Waals surface area (Å²) < 4.78 is 0. The van der Waals surface area contributed by atoms with E-state index in [-0.39, 0.29) is 18.7 Å². The first kappa shape index (κ1) is 23.1. The van der Waals surface area contributed by atoms with Crippen molar-refractivity contribution in [2.24, 2.45) is 5.73 Å². The number of carbonyl (C=O) groups excluding carboxylic acids is 4. The van der Waals surface area contributed by atoms with Crippen LogP contribution in [0.5, 0.6) is 0 Å². The second-order valence-corrected chi connectivity index (χ2v) is 8.12. The van der Waals surface area contributed by atoms with Gasteiger partial charge in [-0.05, 0) is 70.5 Å². The zero-order valence-corrected chi connectivity index (χ0v) is 18.0. The molecule has 0 spiro atoms. The van der Waals surface area contributed by atoms with Gasteiger partial charge in [0, 0.05) is 13.0 Å². The van der Waals surface area contributed by atoms with Crippen LogP contribution >= 0.6 is 0 Å². The molecule has 2 heterocycles. The highest BCUT2D eigenvalue weighted by Crippen LogP contribution is 2.29. The molecule has 1 atom stereocenters.